The van der Waals surface area contributed by atoms with Gasteiger partial charge in [-0.3, -0.25) is 14.9 Å². The van der Waals surface area contributed by atoms with Crippen molar-refractivity contribution in [3.05, 3.63) is 80.8 Å². The van der Waals surface area contributed by atoms with E-state index in [9.17, 15) is 14.9 Å². The van der Waals surface area contributed by atoms with Crippen molar-refractivity contribution in [2.75, 3.05) is 11.9 Å². The zero-order valence-corrected chi connectivity index (χ0v) is 15.7. The highest BCUT2D eigenvalue weighted by atomic mass is 79.9. The van der Waals surface area contributed by atoms with Gasteiger partial charge in [-0.2, -0.15) is 0 Å². The van der Waals surface area contributed by atoms with Gasteiger partial charge in [0.1, 0.15) is 5.69 Å². The standard InChI is InChI=1S/C18H15BrN4O3/c1-12-9-14(4-5-15(12)19)21(2)18(24)13-3-6-16(17(10-13)23(25)26)22-8-7-20-11-22/h3-11H,1-2H3. The van der Waals surface area contributed by atoms with Crippen molar-refractivity contribution in [1.29, 1.82) is 0 Å². The number of rotatable bonds is 4. The molecule has 0 aliphatic rings. The Morgan fingerprint density at radius 1 is 1.27 bits per heavy atom. The third-order valence-corrected chi connectivity index (χ3v) is 4.92. The zero-order valence-electron chi connectivity index (χ0n) is 14.1. The summed E-state index contributed by atoms with van der Waals surface area (Å²) in [6.45, 7) is 1.93. The van der Waals surface area contributed by atoms with Gasteiger partial charge in [-0.1, -0.05) is 15.9 Å². The van der Waals surface area contributed by atoms with E-state index in [0.717, 1.165) is 10.0 Å². The summed E-state index contributed by atoms with van der Waals surface area (Å²) in [4.78, 5) is 29.1. The fourth-order valence-corrected chi connectivity index (χ4v) is 2.82. The van der Waals surface area contributed by atoms with Crippen molar-refractivity contribution in [3.8, 4) is 5.69 Å². The molecule has 7 nitrogen and oxygen atoms in total. The minimum absolute atomic E-state index is 0.158. The Bertz CT molecular complexity index is 986. The molecule has 3 rings (SSSR count). The third kappa shape index (κ3) is 3.36. The van der Waals surface area contributed by atoms with E-state index >= 15 is 0 Å². The summed E-state index contributed by atoms with van der Waals surface area (Å²) in [6, 6.07) is 9.96. The van der Waals surface area contributed by atoms with Crippen molar-refractivity contribution >= 4 is 33.2 Å². The lowest BCUT2D eigenvalue weighted by atomic mass is 10.1. The summed E-state index contributed by atoms with van der Waals surface area (Å²) in [5, 5.41) is 11.5. The van der Waals surface area contributed by atoms with Crippen LogP contribution in [0.1, 0.15) is 15.9 Å². The summed E-state index contributed by atoms with van der Waals surface area (Å²) < 4.78 is 2.48. The molecule has 0 unspecified atom stereocenters. The highest BCUT2D eigenvalue weighted by Crippen LogP contribution is 2.27. The van der Waals surface area contributed by atoms with Crippen LogP contribution in [-0.4, -0.2) is 27.4 Å². The number of aromatic nitrogens is 2. The largest absolute Gasteiger partial charge is 0.311 e. The SMILES string of the molecule is Cc1cc(N(C)C(=O)c2ccc(-n3ccnc3)c([N+](=O)[O-])c2)ccc1Br. The number of nitro benzene ring substituents is 1. The summed E-state index contributed by atoms with van der Waals surface area (Å²) in [7, 11) is 1.64. The van der Waals surface area contributed by atoms with Crippen LogP contribution in [0.3, 0.4) is 0 Å². The van der Waals surface area contributed by atoms with E-state index < -0.39 is 4.92 Å². The van der Waals surface area contributed by atoms with Gasteiger partial charge >= 0.3 is 0 Å². The smallest absolute Gasteiger partial charge is 0.294 e. The number of hydrogen-bond donors (Lipinski definition) is 0. The van der Waals surface area contributed by atoms with Crippen molar-refractivity contribution in [2.45, 2.75) is 6.92 Å². The van der Waals surface area contributed by atoms with Crippen LogP contribution < -0.4 is 4.90 Å². The fourth-order valence-electron chi connectivity index (χ4n) is 2.57. The molecule has 0 spiro atoms. The van der Waals surface area contributed by atoms with Crippen LogP contribution in [0.2, 0.25) is 0 Å². The third-order valence-electron chi connectivity index (χ3n) is 4.04. The van der Waals surface area contributed by atoms with Gasteiger partial charge in [0.05, 0.1) is 11.3 Å². The Labute approximate surface area is 158 Å². The first-order valence-corrected chi connectivity index (χ1v) is 8.49. The summed E-state index contributed by atoms with van der Waals surface area (Å²) in [6.07, 6.45) is 4.62. The van der Waals surface area contributed by atoms with Gasteiger partial charge in [0, 0.05) is 41.2 Å². The molecule has 3 aromatic rings. The van der Waals surface area contributed by atoms with Gasteiger partial charge in [-0.25, -0.2) is 4.98 Å². The Morgan fingerprint density at radius 2 is 2.04 bits per heavy atom. The predicted octanol–water partition coefficient (Wildman–Crippen LogP) is 4.13. The average molecular weight is 415 g/mol. The molecule has 0 aliphatic carbocycles. The molecule has 26 heavy (non-hydrogen) atoms. The minimum Gasteiger partial charge on any atom is -0.311 e. The van der Waals surface area contributed by atoms with Crippen LogP contribution in [0.5, 0.6) is 0 Å². The first-order chi connectivity index (χ1) is 12.4. The number of nitro groups is 1. The zero-order chi connectivity index (χ0) is 18.8. The van der Waals surface area contributed by atoms with E-state index in [1.807, 2.05) is 25.1 Å². The first-order valence-electron chi connectivity index (χ1n) is 7.69. The van der Waals surface area contributed by atoms with Crippen LogP contribution in [0.15, 0.2) is 59.6 Å². The molecule has 2 aromatic carbocycles. The Balaban J connectivity index is 1.98. The van der Waals surface area contributed by atoms with E-state index in [0.29, 0.717) is 11.4 Å². The molecule has 0 saturated carbocycles. The molecule has 1 heterocycles. The molecule has 0 aliphatic heterocycles. The number of imidazole rings is 1. The average Bonchev–Trinajstić information content (AvgIpc) is 3.16. The fraction of sp³-hybridized carbons (Fsp3) is 0.111. The van der Waals surface area contributed by atoms with Crippen LogP contribution in [0.4, 0.5) is 11.4 Å². The van der Waals surface area contributed by atoms with E-state index in [1.54, 1.807) is 25.4 Å². The van der Waals surface area contributed by atoms with Crippen molar-refractivity contribution in [2.24, 2.45) is 0 Å². The number of carbonyl (C=O) groups is 1. The van der Waals surface area contributed by atoms with Gasteiger partial charge in [0.2, 0.25) is 0 Å². The summed E-state index contributed by atoms with van der Waals surface area (Å²) in [5.41, 5.74) is 2.13. The number of aryl methyl sites for hydroxylation is 1. The number of anilines is 1. The van der Waals surface area contributed by atoms with E-state index in [2.05, 4.69) is 20.9 Å². The van der Waals surface area contributed by atoms with Crippen LogP contribution >= 0.6 is 15.9 Å². The Kier molecular flexibility index (Phi) is 4.85. The molecule has 0 bridgehead atoms. The number of carbonyl (C=O) groups excluding carboxylic acids is 1. The topological polar surface area (TPSA) is 81.3 Å². The van der Waals surface area contributed by atoms with E-state index in [4.69, 9.17) is 0 Å². The van der Waals surface area contributed by atoms with Gasteiger partial charge in [-0.05, 0) is 42.8 Å². The Hall–Kier alpha value is -3.00. The van der Waals surface area contributed by atoms with E-state index in [-0.39, 0.29) is 17.2 Å². The monoisotopic (exact) mass is 414 g/mol. The van der Waals surface area contributed by atoms with Crippen molar-refractivity contribution < 1.29 is 9.72 Å². The molecule has 1 aromatic heterocycles. The van der Waals surface area contributed by atoms with Gasteiger partial charge in [-0.15, -0.1) is 0 Å². The van der Waals surface area contributed by atoms with E-state index in [1.165, 1.54) is 28.1 Å². The summed E-state index contributed by atoms with van der Waals surface area (Å²) >= 11 is 3.43. The lowest BCUT2D eigenvalue weighted by Crippen LogP contribution is -2.26. The molecule has 1 amide bonds. The molecule has 8 heteroatoms. The number of hydrogen-bond acceptors (Lipinski definition) is 4. The molecule has 0 atom stereocenters. The molecular weight excluding hydrogens is 400 g/mol. The Morgan fingerprint density at radius 3 is 2.65 bits per heavy atom. The highest BCUT2D eigenvalue weighted by molar-refractivity contribution is 9.10. The second kappa shape index (κ2) is 7.09. The number of nitrogens with zero attached hydrogens (tertiary/aromatic N) is 4. The lowest BCUT2D eigenvalue weighted by Gasteiger charge is -2.18. The second-order valence-corrected chi connectivity index (χ2v) is 6.58. The summed E-state index contributed by atoms with van der Waals surface area (Å²) in [5.74, 6) is -0.327. The molecule has 0 fully saturated rings. The lowest BCUT2D eigenvalue weighted by molar-refractivity contribution is -0.384. The molecular formula is C18H15BrN4O3. The van der Waals surface area contributed by atoms with Crippen LogP contribution in [0.25, 0.3) is 5.69 Å². The highest BCUT2D eigenvalue weighted by Gasteiger charge is 2.21. The van der Waals surface area contributed by atoms with Gasteiger partial charge < -0.3 is 9.47 Å². The predicted molar refractivity (Wildman–Crippen MR) is 102 cm³/mol. The maximum atomic E-state index is 12.8. The van der Waals surface area contributed by atoms with Gasteiger partial charge in [0.25, 0.3) is 11.6 Å². The molecule has 132 valence electrons. The second-order valence-electron chi connectivity index (χ2n) is 5.73. The molecule has 0 N–H and O–H groups in total. The maximum absolute atomic E-state index is 12.8. The normalized spacial score (nSPS) is 10.6. The quantitative estimate of drug-likeness (QED) is 0.474. The number of benzene rings is 2. The van der Waals surface area contributed by atoms with Gasteiger partial charge in [0.15, 0.2) is 0 Å². The maximum Gasteiger partial charge on any atom is 0.294 e. The molecule has 0 saturated heterocycles. The van der Waals surface area contributed by atoms with Crippen LogP contribution in [-0.2, 0) is 0 Å². The van der Waals surface area contributed by atoms with Crippen molar-refractivity contribution in [3.63, 3.8) is 0 Å². The first kappa shape index (κ1) is 17.8. The van der Waals surface area contributed by atoms with Crippen LogP contribution in [0, 0.1) is 17.0 Å². The molecule has 0 radical (unpaired) electrons. The number of amides is 1. The van der Waals surface area contributed by atoms with Crippen molar-refractivity contribution in [1.82, 2.24) is 9.55 Å². The number of halogens is 1. The minimum atomic E-state index is -0.504.